The molecule has 2 saturated carbocycles. The van der Waals surface area contributed by atoms with Gasteiger partial charge in [-0.3, -0.25) is 4.57 Å². The summed E-state index contributed by atoms with van der Waals surface area (Å²) in [7, 11) is 2.03. The molecule has 59 heavy (non-hydrogen) atoms. The van der Waals surface area contributed by atoms with Crippen molar-refractivity contribution >= 4 is 29.8 Å². The molecule has 0 heterocycles. The van der Waals surface area contributed by atoms with Crippen molar-refractivity contribution in [2.24, 2.45) is 23.2 Å². The lowest BCUT2D eigenvalue weighted by atomic mass is 9.55. The number of aryl methyl sites for hydroxylation is 1. The van der Waals surface area contributed by atoms with Crippen LogP contribution >= 0.6 is 29.8 Å². The van der Waals surface area contributed by atoms with Gasteiger partial charge in [0.1, 0.15) is 5.75 Å². The monoisotopic (exact) mass is 919 g/mol. The molecule has 8 nitrogen and oxygen atoms in total. The van der Waals surface area contributed by atoms with Gasteiger partial charge in [0.25, 0.3) is 0 Å². The molecule has 1 aromatic carbocycles. The van der Waals surface area contributed by atoms with Gasteiger partial charge < -0.3 is 33.6 Å². The molecule has 0 aromatic heterocycles. The van der Waals surface area contributed by atoms with E-state index in [1.54, 1.807) is 0 Å². The normalized spacial score (nSPS) is 25.1. The van der Waals surface area contributed by atoms with Gasteiger partial charge in [-0.1, -0.05) is 41.0 Å². The van der Waals surface area contributed by atoms with E-state index in [9.17, 15) is 49.2 Å². The van der Waals surface area contributed by atoms with Gasteiger partial charge in [-0.25, -0.2) is 0 Å². The van der Waals surface area contributed by atoms with Crippen LogP contribution in [-0.4, -0.2) is 109 Å². The second-order valence-corrected chi connectivity index (χ2v) is 20.9. The highest BCUT2D eigenvalue weighted by Crippen LogP contribution is 2.62. The number of hydrogen-bond acceptors (Lipinski definition) is 9. The molecule has 7 atom stereocenters. The smallest absolute Gasteiger partial charge is 0.435 e. The van der Waals surface area contributed by atoms with E-state index in [0.29, 0.717) is 24.4 Å². The first-order chi connectivity index (χ1) is 27.5. The van der Waals surface area contributed by atoms with E-state index in [-0.39, 0.29) is 48.5 Å². The summed E-state index contributed by atoms with van der Waals surface area (Å²) in [6, 6.07) is 6.45. The zero-order valence-electron chi connectivity index (χ0n) is 33.9. The summed E-state index contributed by atoms with van der Waals surface area (Å²) in [6.07, 6.45) is -11.2. The van der Waals surface area contributed by atoms with Crippen molar-refractivity contribution in [3.8, 4) is 5.75 Å². The van der Waals surface area contributed by atoms with E-state index in [1.807, 2.05) is 21.6 Å². The molecule has 0 bridgehead atoms. The molecule has 342 valence electrons. The average Bonchev–Trinajstić information content (AvgIpc) is 3.46. The van der Waals surface area contributed by atoms with Crippen LogP contribution in [0.3, 0.4) is 0 Å². The lowest BCUT2D eigenvalue weighted by Gasteiger charge is -2.50. The summed E-state index contributed by atoms with van der Waals surface area (Å²) in [5.41, 5.74) is -3.70. The highest BCUT2D eigenvalue weighted by atomic mass is 33.1. The molecule has 0 spiro atoms. The standard InChI is InChI=1S/C39H59F9NO7PS2/c1-34(2,59-58-22-6-5-7-26(24-50)25-56-57(51)52)16-19-53-28-9-11-29-27(23-28)8-10-31-30(29)14-15-35(3)32(31)12-13-33(35)54-20-17-49(4)18-21-55-36(37(40,41)42,38(43,44)45)39(46,47)48/h9,11,23,26,30-33,50,57H,5-8,10,12-22,24-25H2,1-4H3,(H,51,52). The molecular formula is C39H59F9NO7PS2. The van der Waals surface area contributed by atoms with Crippen molar-refractivity contribution < 1.29 is 72.8 Å². The number of unbranched alkanes of at least 4 members (excludes halogenated alkanes) is 1. The molecule has 0 aliphatic heterocycles. The maximum Gasteiger partial charge on any atom is 0.435 e. The number of likely N-dealkylation sites (N-methyl/N-ethyl adjacent to an activating group) is 1. The first kappa shape index (κ1) is 50.7. The summed E-state index contributed by atoms with van der Waals surface area (Å²) < 4.78 is 150. The minimum absolute atomic E-state index is 0.00325. The van der Waals surface area contributed by atoms with E-state index in [4.69, 9.17) is 18.9 Å². The molecule has 2 fully saturated rings. The largest absolute Gasteiger partial charge is 0.494 e. The van der Waals surface area contributed by atoms with Crippen LogP contribution in [0.4, 0.5) is 39.5 Å². The Bertz CT molecular complexity index is 1470. The molecule has 2 N–H and O–H groups in total. The van der Waals surface area contributed by atoms with E-state index >= 15 is 0 Å². The first-order valence-electron chi connectivity index (χ1n) is 20.1. The summed E-state index contributed by atoms with van der Waals surface area (Å²) in [6.45, 7) is 5.39. The second kappa shape index (κ2) is 21.2. The number of halogens is 9. The van der Waals surface area contributed by atoms with Crippen molar-refractivity contribution in [3.05, 3.63) is 29.3 Å². The van der Waals surface area contributed by atoms with Crippen LogP contribution < -0.4 is 4.74 Å². The summed E-state index contributed by atoms with van der Waals surface area (Å²) in [4.78, 5) is 10.1. The lowest BCUT2D eigenvalue weighted by Crippen LogP contribution is -2.68. The number of ether oxygens (including phenoxy) is 3. The van der Waals surface area contributed by atoms with Crippen molar-refractivity contribution in [2.45, 2.75) is 126 Å². The van der Waals surface area contributed by atoms with E-state index in [0.717, 1.165) is 75.7 Å². The Kier molecular flexibility index (Phi) is 18.2. The van der Waals surface area contributed by atoms with Gasteiger partial charge in [-0.05, 0) is 125 Å². The molecule has 0 amide bonds. The Morgan fingerprint density at radius 2 is 1.63 bits per heavy atom. The Hall–Kier alpha value is -0.920. The molecule has 3 aliphatic rings. The molecule has 0 saturated heterocycles. The number of aliphatic hydroxyl groups excluding tert-OH is 1. The Balaban J connectivity index is 1.19. The number of nitrogens with zero attached hydrogens (tertiary/aromatic N) is 1. The fraction of sp³-hybridized carbons (Fsp3) is 0.846. The van der Waals surface area contributed by atoms with Crippen LogP contribution in [0.15, 0.2) is 18.2 Å². The van der Waals surface area contributed by atoms with Crippen LogP contribution in [0.25, 0.3) is 0 Å². The van der Waals surface area contributed by atoms with Crippen LogP contribution in [-0.2, 0) is 25.0 Å². The number of aliphatic hydroxyl groups is 1. The van der Waals surface area contributed by atoms with E-state index in [2.05, 4.69) is 43.7 Å². The molecule has 0 radical (unpaired) electrons. The third kappa shape index (κ3) is 12.9. The molecule has 3 aliphatic carbocycles. The van der Waals surface area contributed by atoms with Gasteiger partial charge in [-0.15, -0.1) is 0 Å². The van der Waals surface area contributed by atoms with Gasteiger partial charge in [0.2, 0.25) is 0 Å². The van der Waals surface area contributed by atoms with Crippen molar-refractivity contribution in [1.29, 1.82) is 0 Å². The van der Waals surface area contributed by atoms with Gasteiger partial charge in [0.05, 0.1) is 32.5 Å². The zero-order valence-corrected chi connectivity index (χ0v) is 36.6. The fourth-order valence-electron chi connectivity index (χ4n) is 9.09. The maximum atomic E-state index is 13.2. The van der Waals surface area contributed by atoms with Crippen molar-refractivity contribution in [3.63, 3.8) is 0 Å². The SMILES string of the molecule is CN(CCOC1CCC2C3CCc4cc(OCCC(C)(C)SSCCCCC(CO)CO[PH](=O)O)ccc4C3CCC12C)CCOC(C(F)(F)F)(C(F)(F)F)C(F)(F)F. The zero-order chi connectivity index (χ0) is 43.9. The van der Waals surface area contributed by atoms with Crippen LogP contribution in [0.5, 0.6) is 5.75 Å². The minimum atomic E-state index is -6.75. The Morgan fingerprint density at radius 3 is 2.27 bits per heavy atom. The second-order valence-electron chi connectivity index (χ2n) is 17.0. The van der Waals surface area contributed by atoms with E-state index in [1.165, 1.54) is 23.1 Å². The van der Waals surface area contributed by atoms with Crippen LogP contribution in [0.2, 0.25) is 0 Å². The molecule has 1 aromatic rings. The molecule has 7 unspecified atom stereocenters. The topological polar surface area (TPSA) is 97.7 Å². The van der Waals surface area contributed by atoms with Crippen molar-refractivity contribution in [2.75, 3.05) is 58.9 Å². The average molecular weight is 920 g/mol. The molecule has 20 heteroatoms. The summed E-state index contributed by atoms with van der Waals surface area (Å²) in [5, 5.41) is 9.43. The first-order valence-corrected chi connectivity index (χ1v) is 23.7. The van der Waals surface area contributed by atoms with Gasteiger partial charge >= 0.3 is 32.4 Å². The Morgan fingerprint density at radius 1 is 0.949 bits per heavy atom. The predicted octanol–water partition coefficient (Wildman–Crippen LogP) is 10.4. The van der Waals surface area contributed by atoms with E-state index < -0.39 is 45.5 Å². The van der Waals surface area contributed by atoms with Gasteiger partial charge in [-0.2, -0.15) is 39.5 Å². The quantitative estimate of drug-likeness (QED) is 0.0478. The van der Waals surface area contributed by atoms with Gasteiger partial charge in [0, 0.05) is 36.1 Å². The number of alkyl halides is 9. The number of benzene rings is 1. The highest BCUT2D eigenvalue weighted by Gasteiger charge is 2.85. The Labute approximate surface area is 349 Å². The van der Waals surface area contributed by atoms with Crippen LogP contribution in [0.1, 0.15) is 95.6 Å². The number of fused-ring (bicyclic) bond motifs is 5. The molecule has 4 rings (SSSR count). The number of rotatable bonds is 23. The fourth-order valence-corrected chi connectivity index (χ4v) is 12.2. The highest BCUT2D eigenvalue weighted by molar-refractivity contribution is 8.77. The van der Waals surface area contributed by atoms with Crippen molar-refractivity contribution in [1.82, 2.24) is 4.90 Å². The number of hydrogen-bond donors (Lipinski definition) is 2. The van der Waals surface area contributed by atoms with Gasteiger partial charge in [0.15, 0.2) is 0 Å². The predicted molar refractivity (Wildman–Crippen MR) is 211 cm³/mol. The minimum Gasteiger partial charge on any atom is -0.494 e. The van der Waals surface area contributed by atoms with Crippen LogP contribution in [0, 0.1) is 23.2 Å². The summed E-state index contributed by atoms with van der Waals surface area (Å²) in [5.74, 6) is 2.97. The third-order valence-electron chi connectivity index (χ3n) is 12.4. The lowest BCUT2D eigenvalue weighted by molar-refractivity contribution is -0.457. The summed E-state index contributed by atoms with van der Waals surface area (Å²) >= 11 is 0. The molecular weight excluding hydrogens is 861 g/mol. The third-order valence-corrected chi connectivity index (χ3v) is 16.3. The maximum absolute atomic E-state index is 13.2.